The number of carboxylic acid groups (broad SMARTS) is 1. The lowest BCUT2D eigenvalue weighted by atomic mass is 9.91. The van der Waals surface area contributed by atoms with E-state index in [0.29, 0.717) is 18.1 Å². The fourth-order valence-corrected chi connectivity index (χ4v) is 1.94. The molecule has 0 bridgehead atoms. The summed E-state index contributed by atoms with van der Waals surface area (Å²) in [6.07, 6.45) is 0. The molecule has 2 rings (SSSR count). The molecule has 1 aliphatic rings. The van der Waals surface area contributed by atoms with Gasteiger partial charge < -0.3 is 10.4 Å². The first-order chi connectivity index (χ1) is 6.68. The van der Waals surface area contributed by atoms with Gasteiger partial charge in [0.1, 0.15) is 0 Å². The van der Waals surface area contributed by atoms with E-state index in [2.05, 4.69) is 5.32 Å². The van der Waals surface area contributed by atoms with Crippen molar-refractivity contribution in [3.63, 3.8) is 0 Å². The van der Waals surface area contributed by atoms with Crippen LogP contribution in [0.5, 0.6) is 0 Å². The van der Waals surface area contributed by atoms with Gasteiger partial charge >= 0.3 is 5.97 Å². The lowest BCUT2D eigenvalue weighted by Crippen LogP contribution is -2.32. The van der Waals surface area contributed by atoms with E-state index in [-0.39, 0.29) is 0 Å². The Morgan fingerprint density at radius 1 is 1.57 bits per heavy atom. The zero-order valence-corrected chi connectivity index (χ0v) is 8.21. The molecular formula is C10H10ClNO2. The Kier molecular flexibility index (Phi) is 2.44. The standard InChI is InChI=1S/C10H10ClNO2/c11-7-1-2-8-6(3-7)4-12-5-9(8)10(13)14/h1-3,9,12H,4-5H2,(H,13,14)/t9-/m0/s1. The molecule has 3 nitrogen and oxygen atoms in total. The summed E-state index contributed by atoms with van der Waals surface area (Å²) >= 11 is 5.83. The maximum Gasteiger partial charge on any atom is 0.312 e. The van der Waals surface area contributed by atoms with Gasteiger partial charge in [-0.15, -0.1) is 0 Å². The van der Waals surface area contributed by atoms with E-state index in [1.807, 2.05) is 6.07 Å². The van der Waals surface area contributed by atoms with Gasteiger partial charge in [-0.3, -0.25) is 4.79 Å². The summed E-state index contributed by atoms with van der Waals surface area (Å²) in [6, 6.07) is 5.36. The summed E-state index contributed by atoms with van der Waals surface area (Å²) in [5.74, 6) is -1.24. The summed E-state index contributed by atoms with van der Waals surface area (Å²) in [6.45, 7) is 1.18. The number of aliphatic carboxylic acids is 1. The number of halogens is 1. The van der Waals surface area contributed by atoms with E-state index in [1.165, 1.54) is 0 Å². The van der Waals surface area contributed by atoms with Gasteiger partial charge in [-0.25, -0.2) is 0 Å². The van der Waals surface area contributed by atoms with Crippen molar-refractivity contribution in [2.24, 2.45) is 0 Å². The number of nitrogens with one attached hydrogen (secondary N) is 1. The number of hydrogen-bond acceptors (Lipinski definition) is 2. The largest absolute Gasteiger partial charge is 0.481 e. The van der Waals surface area contributed by atoms with Crippen molar-refractivity contribution in [3.8, 4) is 0 Å². The van der Waals surface area contributed by atoms with Crippen molar-refractivity contribution in [1.29, 1.82) is 0 Å². The molecule has 0 saturated heterocycles. The molecule has 74 valence electrons. The number of rotatable bonds is 1. The molecule has 1 aromatic rings. The van der Waals surface area contributed by atoms with Gasteiger partial charge in [0.2, 0.25) is 0 Å². The first kappa shape index (κ1) is 9.49. The van der Waals surface area contributed by atoms with E-state index in [9.17, 15) is 4.79 Å². The molecule has 0 unspecified atom stereocenters. The van der Waals surface area contributed by atoms with Crippen LogP contribution < -0.4 is 5.32 Å². The van der Waals surface area contributed by atoms with Crippen molar-refractivity contribution in [1.82, 2.24) is 5.32 Å². The van der Waals surface area contributed by atoms with Crippen molar-refractivity contribution >= 4 is 17.6 Å². The lowest BCUT2D eigenvalue weighted by Gasteiger charge is -2.23. The van der Waals surface area contributed by atoms with E-state index in [4.69, 9.17) is 16.7 Å². The lowest BCUT2D eigenvalue weighted by molar-refractivity contribution is -0.138. The molecule has 0 amide bonds. The fraction of sp³-hybridized carbons (Fsp3) is 0.300. The number of fused-ring (bicyclic) bond motifs is 1. The van der Waals surface area contributed by atoms with Crippen LogP contribution in [0.2, 0.25) is 5.02 Å². The quantitative estimate of drug-likeness (QED) is 0.742. The molecule has 1 aliphatic heterocycles. The number of carboxylic acids is 1. The van der Waals surface area contributed by atoms with E-state index in [0.717, 1.165) is 11.1 Å². The highest BCUT2D eigenvalue weighted by molar-refractivity contribution is 6.30. The van der Waals surface area contributed by atoms with Crippen LogP contribution in [0.4, 0.5) is 0 Å². The van der Waals surface area contributed by atoms with Gasteiger partial charge in [-0.1, -0.05) is 17.7 Å². The third-order valence-electron chi connectivity index (χ3n) is 2.44. The van der Waals surface area contributed by atoms with Crippen molar-refractivity contribution in [2.45, 2.75) is 12.5 Å². The summed E-state index contributed by atoms with van der Waals surface area (Å²) in [5, 5.41) is 12.7. The van der Waals surface area contributed by atoms with Crippen LogP contribution >= 0.6 is 11.6 Å². The predicted octanol–water partition coefficient (Wildman–Crippen LogP) is 1.61. The van der Waals surface area contributed by atoms with Gasteiger partial charge in [-0.2, -0.15) is 0 Å². The minimum Gasteiger partial charge on any atom is -0.481 e. The Morgan fingerprint density at radius 3 is 3.07 bits per heavy atom. The van der Waals surface area contributed by atoms with Gasteiger partial charge in [0, 0.05) is 18.1 Å². The van der Waals surface area contributed by atoms with E-state index in [1.54, 1.807) is 12.1 Å². The monoisotopic (exact) mass is 211 g/mol. The normalized spacial score (nSPS) is 20.2. The first-order valence-corrected chi connectivity index (χ1v) is 4.78. The Morgan fingerprint density at radius 2 is 2.36 bits per heavy atom. The summed E-state index contributed by atoms with van der Waals surface area (Å²) in [7, 11) is 0. The molecule has 0 radical (unpaired) electrons. The highest BCUT2D eigenvalue weighted by Gasteiger charge is 2.25. The van der Waals surface area contributed by atoms with Crippen molar-refractivity contribution in [2.75, 3.05) is 6.54 Å². The minimum absolute atomic E-state index is 0.448. The van der Waals surface area contributed by atoms with Gasteiger partial charge in [0.05, 0.1) is 5.92 Å². The zero-order chi connectivity index (χ0) is 10.1. The molecule has 1 heterocycles. The Hall–Kier alpha value is -1.06. The number of benzene rings is 1. The van der Waals surface area contributed by atoms with Crippen LogP contribution in [0, 0.1) is 0 Å². The zero-order valence-electron chi connectivity index (χ0n) is 7.46. The van der Waals surface area contributed by atoms with Crippen LogP contribution in [-0.2, 0) is 11.3 Å². The second-order valence-corrected chi connectivity index (χ2v) is 3.80. The van der Waals surface area contributed by atoms with Gasteiger partial charge in [0.25, 0.3) is 0 Å². The average Bonchev–Trinajstić information content (AvgIpc) is 2.16. The molecule has 0 aromatic heterocycles. The molecule has 4 heteroatoms. The van der Waals surface area contributed by atoms with E-state index < -0.39 is 11.9 Å². The van der Waals surface area contributed by atoms with Crippen LogP contribution in [-0.4, -0.2) is 17.6 Å². The summed E-state index contributed by atoms with van der Waals surface area (Å²) < 4.78 is 0. The first-order valence-electron chi connectivity index (χ1n) is 4.40. The second-order valence-electron chi connectivity index (χ2n) is 3.36. The molecular weight excluding hydrogens is 202 g/mol. The molecule has 0 fully saturated rings. The molecule has 1 aromatic carbocycles. The Labute approximate surface area is 86.7 Å². The Bertz CT molecular complexity index is 378. The van der Waals surface area contributed by atoms with Crippen LogP contribution in [0.25, 0.3) is 0 Å². The maximum atomic E-state index is 10.9. The van der Waals surface area contributed by atoms with Crippen LogP contribution in [0.1, 0.15) is 17.0 Å². The number of carbonyl (C=O) groups is 1. The molecule has 1 atom stereocenters. The molecule has 14 heavy (non-hydrogen) atoms. The molecule has 0 saturated carbocycles. The van der Waals surface area contributed by atoms with Crippen molar-refractivity contribution in [3.05, 3.63) is 34.3 Å². The fourth-order valence-electron chi connectivity index (χ4n) is 1.75. The second kappa shape index (κ2) is 3.59. The van der Waals surface area contributed by atoms with Gasteiger partial charge in [0.15, 0.2) is 0 Å². The summed E-state index contributed by atoms with van der Waals surface area (Å²) in [5.41, 5.74) is 1.86. The smallest absolute Gasteiger partial charge is 0.312 e. The van der Waals surface area contributed by atoms with E-state index >= 15 is 0 Å². The Balaban J connectivity index is 2.44. The maximum absolute atomic E-state index is 10.9. The summed E-state index contributed by atoms with van der Waals surface area (Å²) in [4.78, 5) is 10.9. The third-order valence-corrected chi connectivity index (χ3v) is 2.68. The van der Waals surface area contributed by atoms with Crippen LogP contribution in [0.15, 0.2) is 18.2 Å². The highest BCUT2D eigenvalue weighted by Crippen LogP contribution is 2.26. The SMILES string of the molecule is O=C(O)[C@H]1CNCc2cc(Cl)ccc21. The molecule has 2 N–H and O–H groups in total. The molecule has 0 spiro atoms. The number of hydrogen-bond donors (Lipinski definition) is 2. The van der Waals surface area contributed by atoms with Gasteiger partial charge in [-0.05, 0) is 23.3 Å². The van der Waals surface area contributed by atoms with Crippen molar-refractivity contribution < 1.29 is 9.90 Å². The van der Waals surface area contributed by atoms with Crippen LogP contribution in [0.3, 0.4) is 0 Å². The minimum atomic E-state index is -0.791. The molecule has 0 aliphatic carbocycles. The topological polar surface area (TPSA) is 49.3 Å². The third kappa shape index (κ3) is 1.61. The average molecular weight is 212 g/mol. The predicted molar refractivity (Wildman–Crippen MR) is 53.5 cm³/mol. The highest BCUT2D eigenvalue weighted by atomic mass is 35.5.